The molecule has 2 heterocycles. The van der Waals surface area contributed by atoms with Crippen molar-refractivity contribution in [1.82, 2.24) is 10.2 Å². The zero-order chi connectivity index (χ0) is 19.0. The highest BCUT2D eigenvalue weighted by atomic mass is 16.5. The Hall–Kier alpha value is -2.21. The number of rotatable bonds is 2. The molecular weight excluding hydrogens is 348 g/mol. The molecule has 0 bridgehead atoms. The van der Waals surface area contributed by atoms with Crippen LogP contribution in [0.2, 0.25) is 0 Å². The van der Waals surface area contributed by atoms with Gasteiger partial charge in [-0.05, 0) is 42.5 Å². The van der Waals surface area contributed by atoms with Crippen molar-refractivity contribution >= 4 is 16.5 Å². The third kappa shape index (κ3) is 3.38. The van der Waals surface area contributed by atoms with Gasteiger partial charge in [0.05, 0.1) is 23.9 Å². The summed E-state index contributed by atoms with van der Waals surface area (Å²) in [4.78, 5) is 0. The number of ether oxygens (including phenoxy) is 1. The molecule has 0 spiro atoms. The van der Waals surface area contributed by atoms with Crippen molar-refractivity contribution in [3.8, 4) is 11.8 Å². The molecule has 142 valence electrons. The summed E-state index contributed by atoms with van der Waals surface area (Å²) in [6.07, 6.45) is 1.05. The van der Waals surface area contributed by atoms with E-state index in [9.17, 15) is 20.4 Å². The number of hydrogen-bond donors (Lipinski definition) is 5. The standard InChI is InChI=1S/C20H22N2O5/c23-10-16-19(25)20(26)18(24)15(27-16)6-5-12-7-13(11-3-1-2-4-11)8-14-9-21-22-17(12)14/h3,7-9,15-16,18-20,23-26H,1-2,4,10H2,(H,21,22)/t15?,16?,18?,19-,20?/m1/s1. The van der Waals surface area contributed by atoms with E-state index in [0.29, 0.717) is 5.56 Å². The van der Waals surface area contributed by atoms with Gasteiger partial charge in [-0.1, -0.05) is 17.9 Å². The quantitative estimate of drug-likeness (QED) is 0.486. The van der Waals surface area contributed by atoms with Crippen LogP contribution >= 0.6 is 0 Å². The Kier molecular flexibility index (Phi) is 5.00. The van der Waals surface area contributed by atoms with Crippen LogP contribution in [0.25, 0.3) is 16.5 Å². The number of nitrogens with one attached hydrogen (secondary N) is 1. The summed E-state index contributed by atoms with van der Waals surface area (Å²) < 4.78 is 5.46. The van der Waals surface area contributed by atoms with Crippen LogP contribution in [0.5, 0.6) is 0 Å². The number of nitrogens with zero attached hydrogens (tertiary/aromatic N) is 1. The monoisotopic (exact) mass is 370 g/mol. The van der Waals surface area contributed by atoms with E-state index < -0.39 is 37.1 Å². The van der Waals surface area contributed by atoms with Gasteiger partial charge in [0, 0.05) is 5.39 Å². The van der Waals surface area contributed by atoms with E-state index in [2.05, 4.69) is 34.2 Å². The lowest BCUT2D eigenvalue weighted by Gasteiger charge is -2.37. The minimum atomic E-state index is -1.43. The number of fused-ring (bicyclic) bond motifs is 1. The molecule has 2 aromatic rings. The predicted octanol–water partition coefficient (Wildman–Crippen LogP) is 0.324. The molecule has 27 heavy (non-hydrogen) atoms. The molecule has 5 atom stereocenters. The first kappa shape index (κ1) is 18.2. The van der Waals surface area contributed by atoms with Crippen LogP contribution in [0.4, 0.5) is 0 Å². The van der Waals surface area contributed by atoms with Crippen molar-refractivity contribution in [1.29, 1.82) is 0 Å². The number of aromatic amines is 1. The first-order chi connectivity index (χ1) is 13.1. The fourth-order valence-corrected chi connectivity index (χ4v) is 3.64. The van der Waals surface area contributed by atoms with Crippen molar-refractivity contribution in [2.75, 3.05) is 6.61 Å². The maximum atomic E-state index is 10.2. The second kappa shape index (κ2) is 7.43. The zero-order valence-corrected chi connectivity index (χ0v) is 14.7. The minimum Gasteiger partial charge on any atom is -0.394 e. The molecule has 4 rings (SSSR count). The Morgan fingerprint density at radius 2 is 2.04 bits per heavy atom. The molecule has 1 saturated heterocycles. The lowest BCUT2D eigenvalue weighted by Crippen LogP contribution is -2.58. The Morgan fingerprint density at radius 3 is 2.78 bits per heavy atom. The van der Waals surface area contributed by atoms with Crippen LogP contribution in [-0.2, 0) is 4.74 Å². The molecule has 0 amide bonds. The van der Waals surface area contributed by atoms with Crippen molar-refractivity contribution in [2.24, 2.45) is 0 Å². The van der Waals surface area contributed by atoms with Gasteiger partial charge in [0.25, 0.3) is 0 Å². The van der Waals surface area contributed by atoms with E-state index in [1.54, 1.807) is 6.20 Å². The van der Waals surface area contributed by atoms with Gasteiger partial charge in [0.15, 0.2) is 0 Å². The molecule has 0 saturated carbocycles. The molecule has 1 fully saturated rings. The van der Waals surface area contributed by atoms with Crippen LogP contribution in [0.15, 0.2) is 24.4 Å². The average molecular weight is 370 g/mol. The van der Waals surface area contributed by atoms with Crippen LogP contribution in [0.3, 0.4) is 0 Å². The molecule has 2 aliphatic rings. The number of aliphatic hydroxyl groups excluding tert-OH is 4. The number of benzene rings is 1. The summed E-state index contributed by atoms with van der Waals surface area (Å²) in [5.74, 6) is 5.84. The van der Waals surface area contributed by atoms with E-state index in [0.717, 1.165) is 35.7 Å². The van der Waals surface area contributed by atoms with Gasteiger partial charge in [-0.3, -0.25) is 5.10 Å². The molecule has 1 aromatic carbocycles. The van der Waals surface area contributed by atoms with Crippen molar-refractivity contribution in [2.45, 2.75) is 49.8 Å². The van der Waals surface area contributed by atoms with E-state index in [4.69, 9.17) is 4.74 Å². The molecule has 1 aliphatic heterocycles. The van der Waals surface area contributed by atoms with Crippen molar-refractivity contribution in [3.63, 3.8) is 0 Å². The van der Waals surface area contributed by atoms with Crippen LogP contribution in [0.1, 0.15) is 30.4 Å². The van der Waals surface area contributed by atoms with Gasteiger partial charge in [-0.15, -0.1) is 0 Å². The molecule has 4 unspecified atom stereocenters. The summed E-state index contributed by atoms with van der Waals surface area (Å²) in [6.45, 7) is -0.475. The summed E-state index contributed by atoms with van der Waals surface area (Å²) in [6, 6.07) is 4.06. The van der Waals surface area contributed by atoms with Crippen LogP contribution in [-0.4, -0.2) is 67.8 Å². The Morgan fingerprint density at radius 1 is 1.19 bits per heavy atom. The molecule has 1 aromatic heterocycles. The molecule has 0 radical (unpaired) electrons. The van der Waals surface area contributed by atoms with Gasteiger partial charge < -0.3 is 25.2 Å². The SMILES string of the molecule is OCC1OC(C#Cc2cc(C3=CCCC3)cc3cn[nH]c23)C(O)C(O)[C@@H]1O. The topological polar surface area (TPSA) is 119 Å². The smallest absolute Gasteiger partial charge is 0.147 e. The van der Waals surface area contributed by atoms with E-state index in [1.807, 2.05) is 6.07 Å². The van der Waals surface area contributed by atoms with E-state index in [-0.39, 0.29) is 0 Å². The number of allylic oxidation sites excluding steroid dienone is 2. The molecule has 7 nitrogen and oxygen atoms in total. The van der Waals surface area contributed by atoms with E-state index in [1.165, 1.54) is 5.57 Å². The lowest BCUT2D eigenvalue weighted by atomic mass is 9.95. The summed E-state index contributed by atoms with van der Waals surface area (Å²) in [5, 5.41) is 47.2. The Labute approximate surface area is 156 Å². The Balaban J connectivity index is 1.68. The number of H-pyrrole nitrogens is 1. The maximum Gasteiger partial charge on any atom is 0.147 e. The largest absolute Gasteiger partial charge is 0.394 e. The molecule has 1 aliphatic carbocycles. The van der Waals surface area contributed by atoms with Crippen molar-refractivity contribution in [3.05, 3.63) is 35.5 Å². The highest BCUT2D eigenvalue weighted by molar-refractivity contribution is 5.88. The summed E-state index contributed by atoms with van der Waals surface area (Å²) in [7, 11) is 0. The Bertz CT molecular complexity index is 923. The second-order valence-electron chi connectivity index (χ2n) is 7.00. The van der Waals surface area contributed by atoms with Gasteiger partial charge in [-0.25, -0.2) is 0 Å². The van der Waals surface area contributed by atoms with Crippen LogP contribution < -0.4 is 0 Å². The van der Waals surface area contributed by atoms with Gasteiger partial charge in [0.1, 0.15) is 30.5 Å². The van der Waals surface area contributed by atoms with Gasteiger partial charge in [0.2, 0.25) is 0 Å². The predicted molar refractivity (Wildman–Crippen MR) is 98.6 cm³/mol. The van der Waals surface area contributed by atoms with Gasteiger partial charge >= 0.3 is 0 Å². The summed E-state index contributed by atoms with van der Waals surface area (Å²) >= 11 is 0. The fraction of sp³-hybridized carbons (Fsp3) is 0.450. The maximum absolute atomic E-state index is 10.2. The number of aromatic nitrogens is 2. The fourth-order valence-electron chi connectivity index (χ4n) is 3.64. The second-order valence-corrected chi connectivity index (χ2v) is 7.00. The van der Waals surface area contributed by atoms with E-state index >= 15 is 0 Å². The molecule has 5 N–H and O–H groups in total. The first-order valence-electron chi connectivity index (χ1n) is 9.07. The molecular formula is C20H22N2O5. The lowest BCUT2D eigenvalue weighted by molar-refractivity contribution is -0.214. The third-order valence-electron chi connectivity index (χ3n) is 5.20. The minimum absolute atomic E-state index is 0.475. The third-order valence-corrected chi connectivity index (χ3v) is 5.20. The number of aliphatic hydroxyl groups is 4. The first-order valence-corrected chi connectivity index (χ1v) is 9.07. The summed E-state index contributed by atoms with van der Waals surface area (Å²) in [5.41, 5.74) is 3.88. The average Bonchev–Trinajstić information content (AvgIpc) is 3.36. The number of hydrogen-bond acceptors (Lipinski definition) is 6. The van der Waals surface area contributed by atoms with Crippen molar-refractivity contribution < 1.29 is 25.2 Å². The molecule has 7 heteroatoms. The van der Waals surface area contributed by atoms with Crippen LogP contribution in [0, 0.1) is 11.8 Å². The normalized spacial score (nSPS) is 30.8. The zero-order valence-electron chi connectivity index (χ0n) is 14.7. The highest BCUT2D eigenvalue weighted by Gasteiger charge is 2.42. The highest BCUT2D eigenvalue weighted by Crippen LogP contribution is 2.31. The van der Waals surface area contributed by atoms with Gasteiger partial charge in [-0.2, -0.15) is 5.10 Å².